The second-order valence-electron chi connectivity index (χ2n) is 5.25. The van der Waals surface area contributed by atoms with Crippen molar-refractivity contribution in [3.63, 3.8) is 0 Å². The maximum absolute atomic E-state index is 13.5. The molecule has 1 aliphatic carbocycles. The average Bonchev–Trinajstić information content (AvgIpc) is 3.16. The van der Waals surface area contributed by atoms with Crippen molar-refractivity contribution in [2.24, 2.45) is 0 Å². The van der Waals surface area contributed by atoms with E-state index in [-0.39, 0.29) is 18.2 Å². The van der Waals surface area contributed by atoms with Crippen LogP contribution in [0.2, 0.25) is 0 Å². The van der Waals surface area contributed by atoms with E-state index < -0.39 is 0 Å². The average molecular weight is 275 g/mol. The van der Waals surface area contributed by atoms with E-state index in [9.17, 15) is 4.39 Å². The van der Waals surface area contributed by atoms with Crippen LogP contribution in [0.5, 0.6) is 5.75 Å². The van der Waals surface area contributed by atoms with E-state index in [0.29, 0.717) is 11.8 Å². The Labute approximate surface area is 117 Å². The van der Waals surface area contributed by atoms with Gasteiger partial charge in [-0.2, -0.15) is 0 Å². The van der Waals surface area contributed by atoms with Gasteiger partial charge in [0.15, 0.2) is 11.6 Å². The van der Waals surface area contributed by atoms with Gasteiger partial charge in [0.1, 0.15) is 18.1 Å². The smallest absolute Gasteiger partial charge is 0.165 e. The Kier molecular flexibility index (Phi) is 3.74. The zero-order chi connectivity index (χ0) is 13.9. The molecule has 1 aliphatic rings. The lowest BCUT2D eigenvalue weighted by atomic mass is 10.2. The lowest BCUT2D eigenvalue weighted by Crippen LogP contribution is -2.14. The molecule has 1 saturated carbocycles. The minimum Gasteiger partial charge on any atom is -0.483 e. The standard InChI is InChI=1S/C16H18FNO2/c1-11-2-7-15(17)16(8-11)19-10-14-6-5-13(20-14)9-18-12-3-4-12/h2,5-8,12,18H,3-4,9-10H2,1H3. The molecule has 3 rings (SSSR count). The summed E-state index contributed by atoms with van der Waals surface area (Å²) in [7, 11) is 0. The van der Waals surface area contributed by atoms with E-state index in [1.54, 1.807) is 12.1 Å². The SMILES string of the molecule is Cc1ccc(F)c(OCc2ccc(CNC3CC3)o2)c1. The predicted molar refractivity (Wildman–Crippen MR) is 74.0 cm³/mol. The summed E-state index contributed by atoms with van der Waals surface area (Å²) in [6.45, 7) is 2.88. The van der Waals surface area contributed by atoms with Gasteiger partial charge in [0.2, 0.25) is 0 Å². The van der Waals surface area contributed by atoms with E-state index in [4.69, 9.17) is 9.15 Å². The molecule has 0 atom stereocenters. The van der Waals surface area contributed by atoms with Gasteiger partial charge >= 0.3 is 0 Å². The molecule has 1 aromatic carbocycles. The number of rotatable bonds is 6. The molecule has 1 N–H and O–H groups in total. The zero-order valence-corrected chi connectivity index (χ0v) is 11.5. The minimum absolute atomic E-state index is 0.240. The van der Waals surface area contributed by atoms with Gasteiger partial charge in [-0.05, 0) is 49.6 Å². The summed E-state index contributed by atoms with van der Waals surface area (Å²) in [5.41, 5.74) is 0.968. The molecule has 106 valence electrons. The van der Waals surface area contributed by atoms with E-state index in [2.05, 4.69) is 5.32 Å². The van der Waals surface area contributed by atoms with Crippen LogP contribution in [0, 0.1) is 12.7 Å². The summed E-state index contributed by atoms with van der Waals surface area (Å²) in [5, 5.41) is 3.38. The van der Waals surface area contributed by atoms with Crippen LogP contribution in [-0.4, -0.2) is 6.04 Å². The molecule has 4 heteroatoms. The third-order valence-electron chi connectivity index (χ3n) is 3.32. The van der Waals surface area contributed by atoms with Crippen molar-refractivity contribution in [1.29, 1.82) is 0 Å². The Morgan fingerprint density at radius 2 is 2.05 bits per heavy atom. The van der Waals surface area contributed by atoms with Crippen molar-refractivity contribution >= 4 is 0 Å². The van der Waals surface area contributed by atoms with Gasteiger partial charge < -0.3 is 14.5 Å². The fourth-order valence-electron chi connectivity index (χ4n) is 2.00. The van der Waals surface area contributed by atoms with Crippen LogP contribution in [0.3, 0.4) is 0 Å². The van der Waals surface area contributed by atoms with Crippen LogP contribution in [0.15, 0.2) is 34.7 Å². The Bertz CT molecular complexity index is 590. The van der Waals surface area contributed by atoms with Crippen LogP contribution < -0.4 is 10.1 Å². The van der Waals surface area contributed by atoms with Crippen LogP contribution in [-0.2, 0) is 13.2 Å². The molecule has 0 radical (unpaired) electrons. The van der Waals surface area contributed by atoms with Crippen LogP contribution >= 0.6 is 0 Å². The highest BCUT2D eigenvalue weighted by molar-refractivity contribution is 5.29. The summed E-state index contributed by atoms with van der Waals surface area (Å²) >= 11 is 0. The Hall–Kier alpha value is -1.81. The summed E-state index contributed by atoms with van der Waals surface area (Å²) in [6, 6.07) is 9.28. The number of nitrogens with one attached hydrogen (secondary N) is 1. The van der Waals surface area contributed by atoms with Crippen molar-refractivity contribution in [2.45, 2.75) is 39.0 Å². The molecule has 20 heavy (non-hydrogen) atoms. The molecule has 0 aliphatic heterocycles. The Balaban J connectivity index is 1.55. The predicted octanol–water partition coefficient (Wildman–Crippen LogP) is 3.56. The number of ether oxygens (including phenoxy) is 1. The van der Waals surface area contributed by atoms with Gasteiger partial charge in [0.25, 0.3) is 0 Å². The number of aryl methyl sites for hydroxylation is 1. The van der Waals surface area contributed by atoms with Gasteiger partial charge in [-0.1, -0.05) is 6.07 Å². The van der Waals surface area contributed by atoms with E-state index >= 15 is 0 Å². The van der Waals surface area contributed by atoms with E-state index in [1.165, 1.54) is 18.9 Å². The molecule has 0 amide bonds. The van der Waals surface area contributed by atoms with Crippen LogP contribution in [0.1, 0.15) is 29.9 Å². The monoisotopic (exact) mass is 275 g/mol. The fraction of sp³-hybridized carbons (Fsp3) is 0.375. The van der Waals surface area contributed by atoms with E-state index in [0.717, 1.165) is 17.9 Å². The van der Waals surface area contributed by atoms with Gasteiger partial charge in [0, 0.05) is 6.04 Å². The quantitative estimate of drug-likeness (QED) is 0.875. The van der Waals surface area contributed by atoms with Crippen LogP contribution in [0.4, 0.5) is 4.39 Å². The Morgan fingerprint density at radius 3 is 2.85 bits per heavy atom. The third kappa shape index (κ3) is 3.39. The molecule has 0 saturated heterocycles. The largest absolute Gasteiger partial charge is 0.483 e. The van der Waals surface area contributed by atoms with Gasteiger partial charge in [0.05, 0.1) is 6.54 Å². The molecule has 1 fully saturated rings. The summed E-state index contributed by atoms with van der Waals surface area (Å²) in [5.74, 6) is 1.51. The molecular formula is C16H18FNO2. The summed E-state index contributed by atoms with van der Waals surface area (Å²) < 4.78 is 24.6. The second-order valence-corrected chi connectivity index (χ2v) is 5.25. The molecule has 3 nitrogen and oxygen atoms in total. The van der Waals surface area contributed by atoms with Crippen molar-refractivity contribution in [2.75, 3.05) is 0 Å². The molecule has 0 bridgehead atoms. The number of hydrogen-bond donors (Lipinski definition) is 1. The van der Waals surface area contributed by atoms with Crippen molar-refractivity contribution < 1.29 is 13.5 Å². The normalized spacial score (nSPS) is 14.5. The molecule has 0 unspecified atom stereocenters. The number of benzene rings is 1. The van der Waals surface area contributed by atoms with Crippen molar-refractivity contribution in [3.05, 3.63) is 53.2 Å². The first-order valence-electron chi connectivity index (χ1n) is 6.90. The third-order valence-corrected chi connectivity index (χ3v) is 3.32. The van der Waals surface area contributed by atoms with Gasteiger partial charge in [-0.3, -0.25) is 0 Å². The lowest BCUT2D eigenvalue weighted by Gasteiger charge is -2.06. The van der Waals surface area contributed by atoms with Gasteiger partial charge in [-0.25, -0.2) is 4.39 Å². The maximum atomic E-state index is 13.5. The summed E-state index contributed by atoms with van der Waals surface area (Å²) in [6.07, 6.45) is 2.51. The first-order chi connectivity index (χ1) is 9.70. The van der Waals surface area contributed by atoms with Crippen LogP contribution in [0.25, 0.3) is 0 Å². The maximum Gasteiger partial charge on any atom is 0.165 e. The molecule has 1 heterocycles. The lowest BCUT2D eigenvalue weighted by molar-refractivity contribution is 0.254. The zero-order valence-electron chi connectivity index (χ0n) is 11.5. The van der Waals surface area contributed by atoms with Gasteiger partial charge in [-0.15, -0.1) is 0 Å². The Morgan fingerprint density at radius 1 is 1.25 bits per heavy atom. The second kappa shape index (κ2) is 5.67. The van der Waals surface area contributed by atoms with E-state index in [1.807, 2.05) is 19.1 Å². The first kappa shape index (κ1) is 13.2. The highest BCUT2D eigenvalue weighted by Crippen LogP contribution is 2.21. The number of furan rings is 1. The fourth-order valence-corrected chi connectivity index (χ4v) is 2.00. The first-order valence-corrected chi connectivity index (χ1v) is 6.90. The topological polar surface area (TPSA) is 34.4 Å². The molecule has 1 aromatic heterocycles. The minimum atomic E-state index is -0.349. The van der Waals surface area contributed by atoms with Crippen molar-refractivity contribution in [3.8, 4) is 5.75 Å². The molecule has 0 spiro atoms. The van der Waals surface area contributed by atoms with Crippen molar-refractivity contribution in [1.82, 2.24) is 5.32 Å². The highest BCUT2D eigenvalue weighted by Gasteiger charge is 2.20. The molecule has 2 aromatic rings. The molecular weight excluding hydrogens is 257 g/mol. The number of halogens is 1. The number of hydrogen-bond acceptors (Lipinski definition) is 3. The summed E-state index contributed by atoms with van der Waals surface area (Å²) in [4.78, 5) is 0. The highest BCUT2D eigenvalue weighted by atomic mass is 19.1.